The Hall–Kier alpha value is -2.63. The van der Waals surface area contributed by atoms with Crippen LogP contribution in [0.25, 0.3) is 10.8 Å². The number of aromatic nitrogens is 1. The molecule has 0 saturated carbocycles. The first-order valence-corrected chi connectivity index (χ1v) is 5.41. The molecule has 0 aliphatic rings. The summed E-state index contributed by atoms with van der Waals surface area (Å²) in [6, 6.07) is 4.55. The van der Waals surface area contributed by atoms with Crippen molar-refractivity contribution in [1.82, 2.24) is 4.98 Å². The monoisotopic (exact) mass is 261 g/mol. The number of nitrogens with one attached hydrogen (secondary N) is 1. The summed E-state index contributed by atoms with van der Waals surface area (Å²) in [6.07, 6.45) is 1.23. The summed E-state index contributed by atoms with van der Waals surface area (Å²) in [5.74, 6) is -1.26. The average Bonchev–Trinajstić information content (AvgIpc) is 2.45. The van der Waals surface area contributed by atoms with E-state index < -0.39 is 17.5 Å². The van der Waals surface area contributed by atoms with Gasteiger partial charge >= 0.3 is 11.9 Å². The van der Waals surface area contributed by atoms with E-state index in [-0.39, 0.29) is 21.9 Å². The minimum atomic E-state index is -0.641. The smallest absolute Gasteiger partial charge is 0.340 e. The van der Waals surface area contributed by atoms with Gasteiger partial charge in [-0.2, -0.15) is 0 Å². The third-order valence-corrected chi connectivity index (χ3v) is 2.74. The van der Waals surface area contributed by atoms with E-state index in [4.69, 9.17) is 0 Å². The molecule has 0 spiro atoms. The number of H-pyrrole nitrogens is 1. The summed E-state index contributed by atoms with van der Waals surface area (Å²) in [7, 11) is 2.45. The van der Waals surface area contributed by atoms with Crippen LogP contribution in [0, 0.1) is 0 Å². The van der Waals surface area contributed by atoms with Crippen LogP contribution in [0.3, 0.4) is 0 Å². The van der Waals surface area contributed by atoms with Gasteiger partial charge in [-0.05, 0) is 12.1 Å². The second-order valence-electron chi connectivity index (χ2n) is 3.74. The molecule has 0 saturated heterocycles. The van der Waals surface area contributed by atoms with Crippen molar-refractivity contribution >= 4 is 22.7 Å². The molecule has 0 unspecified atom stereocenters. The molecular formula is C13H11NO5. The van der Waals surface area contributed by atoms with Crippen molar-refractivity contribution in [1.29, 1.82) is 0 Å². The number of esters is 2. The predicted octanol–water partition coefficient (Wildman–Crippen LogP) is 1.10. The Morgan fingerprint density at radius 2 is 1.68 bits per heavy atom. The normalized spacial score (nSPS) is 10.2. The average molecular weight is 261 g/mol. The van der Waals surface area contributed by atoms with Gasteiger partial charge in [0, 0.05) is 17.0 Å². The Kier molecular flexibility index (Phi) is 3.33. The van der Waals surface area contributed by atoms with E-state index in [1.54, 1.807) is 6.07 Å². The fourth-order valence-corrected chi connectivity index (χ4v) is 1.87. The highest BCUT2D eigenvalue weighted by atomic mass is 16.5. The van der Waals surface area contributed by atoms with Gasteiger partial charge in [-0.25, -0.2) is 9.59 Å². The molecule has 1 heterocycles. The molecule has 0 aliphatic heterocycles. The molecule has 0 atom stereocenters. The minimum Gasteiger partial charge on any atom is -0.465 e. The quantitative estimate of drug-likeness (QED) is 0.818. The molecule has 1 N–H and O–H groups in total. The van der Waals surface area contributed by atoms with Crippen molar-refractivity contribution in [2.24, 2.45) is 0 Å². The van der Waals surface area contributed by atoms with E-state index in [9.17, 15) is 14.4 Å². The summed E-state index contributed by atoms with van der Waals surface area (Å²) in [5.41, 5.74) is -0.141. The number of pyridine rings is 1. The molecule has 0 fully saturated rings. The van der Waals surface area contributed by atoms with E-state index in [1.165, 1.54) is 32.5 Å². The van der Waals surface area contributed by atoms with Crippen LogP contribution in [0.5, 0.6) is 0 Å². The van der Waals surface area contributed by atoms with Crippen molar-refractivity contribution in [3.63, 3.8) is 0 Å². The number of rotatable bonds is 2. The Labute approximate surface area is 108 Å². The summed E-state index contributed by atoms with van der Waals surface area (Å²) < 4.78 is 9.29. The van der Waals surface area contributed by atoms with Crippen molar-refractivity contribution in [2.45, 2.75) is 0 Å². The van der Waals surface area contributed by atoms with Crippen LogP contribution in [0.4, 0.5) is 0 Å². The van der Waals surface area contributed by atoms with Gasteiger partial charge < -0.3 is 14.5 Å². The van der Waals surface area contributed by atoms with Crippen LogP contribution >= 0.6 is 0 Å². The molecule has 6 heteroatoms. The zero-order chi connectivity index (χ0) is 14.0. The summed E-state index contributed by atoms with van der Waals surface area (Å²) in [5, 5.41) is 0.454. The number of carbonyl (C=O) groups is 2. The molecule has 1 aromatic heterocycles. The van der Waals surface area contributed by atoms with Crippen molar-refractivity contribution in [3.8, 4) is 0 Å². The van der Waals surface area contributed by atoms with Crippen molar-refractivity contribution in [3.05, 3.63) is 45.9 Å². The summed E-state index contributed by atoms with van der Waals surface area (Å²) >= 11 is 0. The molecule has 98 valence electrons. The number of fused-ring (bicyclic) bond motifs is 1. The Morgan fingerprint density at radius 3 is 2.32 bits per heavy atom. The Morgan fingerprint density at radius 1 is 1.05 bits per heavy atom. The van der Waals surface area contributed by atoms with Gasteiger partial charge in [0.1, 0.15) is 0 Å². The standard InChI is InChI=1S/C13H11NO5/c1-18-12(16)8-5-3-4-7-10(8)9(13(17)19-2)6-14-11(7)15/h3-6H,1-2H3,(H,14,15). The fraction of sp³-hybridized carbons (Fsp3) is 0.154. The van der Waals surface area contributed by atoms with E-state index in [1.807, 2.05) is 0 Å². The highest BCUT2D eigenvalue weighted by Crippen LogP contribution is 2.21. The first-order chi connectivity index (χ1) is 9.10. The van der Waals surface area contributed by atoms with Crippen LogP contribution in [0.1, 0.15) is 20.7 Å². The van der Waals surface area contributed by atoms with Crippen molar-refractivity contribution in [2.75, 3.05) is 14.2 Å². The number of benzene rings is 1. The number of hydrogen-bond acceptors (Lipinski definition) is 5. The molecule has 2 aromatic rings. The van der Waals surface area contributed by atoms with E-state index in [2.05, 4.69) is 14.5 Å². The van der Waals surface area contributed by atoms with Crippen LogP contribution in [-0.4, -0.2) is 31.1 Å². The number of hydrogen-bond donors (Lipinski definition) is 1. The van der Waals surface area contributed by atoms with Gasteiger partial charge in [0.15, 0.2) is 0 Å². The molecule has 0 aliphatic carbocycles. The SMILES string of the molecule is COC(=O)c1cccc2c(=O)[nH]cc(C(=O)OC)c12. The third-order valence-electron chi connectivity index (χ3n) is 2.74. The van der Waals surface area contributed by atoms with Crippen molar-refractivity contribution < 1.29 is 19.1 Å². The van der Waals surface area contributed by atoms with E-state index >= 15 is 0 Å². The molecule has 1 aromatic carbocycles. The number of aromatic amines is 1. The number of carbonyl (C=O) groups excluding carboxylic acids is 2. The lowest BCUT2D eigenvalue weighted by Crippen LogP contribution is -2.14. The maximum atomic E-state index is 11.7. The fourth-order valence-electron chi connectivity index (χ4n) is 1.87. The number of methoxy groups -OCH3 is 2. The van der Waals surface area contributed by atoms with Crippen LogP contribution in [0.15, 0.2) is 29.2 Å². The van der Waals surface area contributed by atoms with Crippen LogP contribution in [0.2, 0.25) is 0 Å². The molecule has 6 nitrogen and oxygen atoms in total. The maximum Gasteiger partial charge on any atom is 0.340 e. The molecular weight excluding hydrogens is 250 g/mol. The lowest BCUT2D eigenvalue weighted by atomic mass is 10.0. The second kappa shape index (κ2) is 4.93. The second-order valence-corrected chi connectivity index (χ2v) is 3.74. The van der Waals surface area contributed by atoms with E-state index in [0.29, 0.717) is 0 Å². The van der Waals surface area contributed by atoms with Gasteiger partial charge in [0.05, 0.1) is 25.3 Å². The molecule has 0 bridgehead atoms. The van der Waals surface area contributed by atoms with Crippen LogP contribution in [-0.2, 0) is 9.47 Å². The first-order valence-electron chi connectivity index (χ1n) is 5.41. The lowest BCUT2D eigenvalue weighted by Gasteiger charge is -2.08. The zero-order valence-corrected chi connectivity index (χ0v) is 10.4. The van der Waals surface area contributed by atoms with Gasteiger partial charge in [-0.3, -0.25) is 4.79 Å². The molecule has 19 heavy (non-hydrogen) atoms. The maximum absolute atomic E-state index is 11.7. The Balaban J connectivity index is 2.91. The molecule has 0 amide bonds. The largest absolute Gasteiger partial charge is 0.465 e. The Bertz CT molecular complexity index is 694. The van der Waals surface area contributed by atoms with Gasteiger partial charge in [-0.15, -0.1) is 0 Å². The topological polar surface area (TPSA) is 85.5 Å². The summed E-state index contributed by atoms with van der Waals surface area (Å²) in [4.78, 5) is 37.6. The highest BCUT2D eigenvalue weighted by molar-refractivity contribution is 6.12. The van der Waals surface area contributed by atoms with E-state index in [0.717, 1.165) is 0 Å². The van der Waals surface area contributed by atoms with Gasteiger partial charge in [-0.1, -0.05) is 6.07 Å². The molecule has 2 rings (SSSR count). The lowest BCUT2D eigenvalue weighted by molar-refractivity contribution is 0.0601. The summed E-state index contributed by atoms with van der Waals surface area (Å²) in [6.45, 7) is 0. The van der Waals surface area contributed by atoms with Gasteiger partial charge in [0.2, 0.25) is 0 Å². The number of ether oxygens (including phenoxy) is 2. The first kappa shape index (κ1) is 12.8. The molecule has 0 radical (unpaired) electrons. The highest BCUT2D eigenvalue weighted by Gasteiger charge is 2.19. The van der Waals surface area contributed by atoms with Crippen LogP contribution < -0.4 is 5.56 Å². The van der Waals surface area contributed by atoms with Gasteiger partial charge in [0.25, 0.3) is 5.56 Å². The third kappa shape index (κ3) is 2.08. The zero-order valence-electron chi connectivity index (χ0n) is 10.4. The predicted molar refractivity (Wildman–Crippen MR) is 67.2 cm³/mol. The minimum absolute atomic E-state index is 0.109.